The minimum atomic E-state index is 0.131. The lowest BCUT2D eigenvalue weighted by molar-refractivity contribution is 0.417. The van der Waals surface area contributed by atoms with Crippen molar-refractivity contribution in [3.63, 3.8) is 0 Å². The summed E-state index contributed by atoms with van der Waals surface area (Å²) in [5.74, 6) is 0.777. The highest BCUT2D eigenvalue weighted by Crippen LogP contribution is 2.25. The number of benzene rings is 2. The third-order valence-electron chi connectivity index (χ3n) is 3.84. The van der Waals surface area contributed by atoms with Gasteiger partial charge in [-0.1, -0.05) is 29.8 Å². The van der Waals surface area contributed by atoms with Crippen molar-refractivity contribution in [1.82, 2.24) is 5.32 Å². The summed E-state index contributed by atoms with van der Waals surface area (Å²) in [5, 5.41) is 7.15. The Balaban J connectivity index is 2.09. The molecule has 0 aliphatic carbocycles. The predicted octanol–water partition coefficient (Wildman–Crippen LogP) is 4.67. The van der Waals surface area contributed by atoms with Gasteiger partial charge in [-0.2, -0.15) is 0 Å². The van der Waals surface area contributed by atoms with Crippen molar-refractivity contribution in [3.8, 4) is 5.75 Å². The fourth-order valence-corrected chi connectivity index (χ4v) is 2.95. The number of hydrogen-bond donors (Lipinski definition) is 2. The SMILES string of the molecule is COc1ccc(C)cc1NC(=S)NC(C)c1ccc(C)cc1C. The monoisotopic (exact) mass is 328 g/mol. The van der Waals surface area contributed by atoms with Gasteiger partial charge in [-0.3, -0.25) is 0 Å². The van der Waals surface area contributed by atoms with Gasteiger partial charge in [0.15, 0.2) is 5.11 Å². The molecule has 1 atom stereocenters. The lowest BCUT2D eigenvalue weighted by Gasteiger charge is -2.20. The van der Waals surface area contributed by atoms with E-state index in [0.717, 1.165) is 17.0 Å². The van der Waals surface area contributed by atoms with E-state index in [-0.39, 0.29) is 6.04 Å². The van der Waals surface area contributed by atoms with E-state index in [1.165, 1.54) is 16.7 Å². The normalized spacial score (nSPS) is 11.7. The van der Waals surface area contributed by atoms with Gasteiger partial charge >= 0.3 is 0 Å². The summed E-state index contributed by atoms with van der Waals surface area (Å²) in [4.78, 5) is 0. The van der Waals surface area contributed by atoms with Crippen LogP contribution >= 0.6 is 12.2 Å². The Morgan fingerprint density at radius 2 is 1.70 bits per heavy atom. The van der Waals surface area contributed by atoms with Gasteiger partial charge in [0.1, 0.15) is 5.75 Å². The molecule has 2 aromatic rings. The summed E-state index contributed by atoms with van der Waals surface area (Å²) in [6, 6.07) is 12.6. The Bertz CT molecular complexity index is 713. The molecule has 23 heavy (non-hydrogen) atoms. The highest BCUT2D eigenvalue weighted by atomic mass is 32.1. The van der Waals surface area contributed by atoms with Crippen LogP contribution in [0.2, 0.25) is 0 Å². The molecule has 0 aliphatic heterocycles. The fourth-order valence-electron chi connectivity index (χ4n) is 2.66. The Morgan fingerprint density at radius 3 is 2.35 bits per heavy atom. The molecule has 0 amide bonds. The molecule has 0 aliphatic rings. The summed E-state index contributed by atoms with van der Waals surface area (Å²) in [7, 11) is 1.66. The number of rotatable bonds is 4. The van der Waals surface area contributed by atoms with Crippen molar-refractivity contribution in [1.29, 1.82) is 0 Å². The quantitative estimate of drug-likeness (QED) is 0.799. The number of anilines is 1. The Kier molecular flexibility index (Phi) is 5.61. The second-order valence-electron chi connectivity index (χ2n) is 5.88. The molecule has 122 valence electrons. The van der Waals surface area contributed by atoms with Crippen molar-refractivity contribution in [2.45, 2.75) is 33.7 Å². The van der Waals surface area contributed by atoms with Crippen LogP contribution in [0.3, 0.4) is 0 Å². The minimum absolute atomic E-state index is 0.131. The van der Waals surface area contributed by atoms with Crippen LogP contribution in [0.4, 0.5) is 5.69 Å². The first-order valence-corrected chi connectivity index (χ1v) is 8.11. The maximum Gasteiger partial charge on any atom is 0.171 e. The van der Waals surface area contributed by atoms with Crippen molar-refractivity contribution < 1.29 is 4.74 Å². The average Bonchev–Trinajstić information content (AvgIpc) is 2.47. The number of thiocarbonyl (C=S) groups is 1. The highest BCUT2D eigenvalue weighted by Gasteiger charge is 2.11. The van der Waals surface area contributed by atoms with E-state index in [4.69, 9.17) is 17.0 Å². The van der Waals surface area contributed by atoms with Crippen LogP contribution in [0.15, 0.2) is 36.4 Å². The van der Waals surface area contributed by atoms with Crippen LogP contribution in [0.5, 0.6) is 5.75 Å². The van der Waals surface area contributed by atoms with Crippen molar-refractivity contribution in [2.75, 3.05) is 12.4 Å². The zero-order chi connectivity index (χ0) is 17.0. The van der Waals surface area contributed by atoms with Gasteiger partial charge in [0.25, 0.3) is 0 Å². The van der Waals surface area contributed by atoms with Gasteiger partial charge in [-0.25, -0.2) is 0 Å². The zero-order valence-electron chi connectivity index (χ0n) is 14.4. The Labute approximate surface area is 144 Å². The van der Waals surface area contributed by atoms with Crippen LogP contribution < -0.4 is 15.4 Å². The zero-order valence-corrected chi connectivity index (χ0v) is 15.2. The summed E-state index contributed by atoms with van der Waals surface area (Å²) in [5.41, 5.74) is 5.80. The largest absolute Gasteiger partial charge is 0.495 e. The highest BCUT2D eigenvalue weighted by molar-refractivity contribution is 7.80. The molecule has 0 radical (unpaired) electrons. The van der Waals surface area contributed by atoms with Gasteiger partial charge < -0.3 is 15.4 Å². The molecular formula is C19H24N2OS. The van der Waals surface area contributed by atoms with E-state index in [9.17, 15) is 0 Å². The second kappa shape index (κ2) is 7.47. The molecule has 0 saturated heterocycles. The third kappa shape index (κ3) is 4.45. The third-order valence-corrected chi connectivity index (χ3v) is 4.06. The lowest BCUT2D eigenvalue weighted by Crippen LogP contribution is -2.31. The maximum atomic E-state index is 5.45. The average molecular weight is 328 g/mol. The molecule has 1 unspecified atom stereocenters. The molecule has 2 N–H and O–H groups in total. The van der Waals surface area contributed by atoms with Gasteiger partial charge in [-0.15, -0.1) is 0 Å². The van der Waals surface area contributed by atoms with Crippen molar-refractivity contribution in [2.24, 2.45) is 0 Å². The second-order valence-corrected chi connectivity index (χ2v) is 6.29. The standard InChI is InChI=1S/C19H24N2OS/c1-12-6-8-16(14(3)10-12)15(4)20-19(23)21-17-11-13(2)7-9-18(17)22-5/h6-11,15H,1-5H3,(H2,20,21,23). The van der Waals surface area contributed by atoms with Crippen molar-refractivity contribution >= 4 is 23.0 Å². The van der Waals surface area contributed by atoms with Gasteiger partial charge in [0.05, 0.1) is 18.8 Å². The van der Waals surface area contributed by atoms with E-state index < -0.39 is 0 Å². The van der Waals surface area contributed by atoms with Crippen LogP contribution in [0, 0.1) is 20.8 Å². The lowest BCUT2D eigenvalue weighted by atomic mass is 10.0. The van der Waals surface area contributed by atoms with Gasteiger partial charge in [-0.05, 0) is 68.7 Å². The van der Waals surface area contributed by atoms with Crippen molar-refractivity contribution in [3.05, 3.63) is 58.7 Å². The number of aryl methyl sites for hydroxylation is 3. The Hall–Kier alpha value is -2.07. The molecule has 0 saturated carbocycles. The molecule has 0 spiro atoms. The summed E-state index contributed by atoms with van der Waals surface area (Å²) >= 11 is 5.45. The number of ether oxygens (including phenoxy) is 1. The number of methoxy groups -OCH3 is 1. The predicted molar refractivity (Wildman–Crippen MR) is 101 cm³/mol. The van der Waals surface area contributed by atoms with Crippen LogP contribution in [0.1, 0.15) is 35.2 Å². The summed E-state index contributed by atoms with van der Waals surface area (Å²) in [6.07, 6.45) is 0. The van der Waals surface area contributed by atoms with E-state index >= 15 is 0 Å². The summed E-state index contributed by atoms with van der Waals surface area (Å²) < 4.78 is 5.37. The first-order chi connectivity index (χ1) is 10.9. The van der Waals surface area contributed by atoms with Gasteiger partial charge in [0.2, 0.25) is 0 Å². The van der Waals surface area contributed by atoms with E-state index in [1.54, 1.807) is 7.11 Å². The van der Waals surface area contributed by atoms with Crippen LogP contribution in [-0.2, 0) is 0 Å². The molecule has 2 aromatic carbocycles. The number of hydrogen-bond acceptors (Lipinski definition) is 2. The van der Waals surface area contributed by atoms with E-state index in [0.29, 0.717) is 5.11 Å². The first kappa shape index (κ1) is 17.3. The van der Waals surface area contributed by atoms with Crippen LogP contribution in [-0.4, -0.2) is 12.2 Å². The fraction of sp³-hybridized carbons (Fsp3) is 0.316. The molecule has 0 aromatic heterocycles. The molecule has 4 heteroatoms. The number of nitrogens with one attached hydrogen (secondary N) is 2. The minimum Gasteiger partial charge on any atom is -0.495 e. The molecule has 2 rings (SSSR count). The molecule has 0 fully saturated rings. The van der Waals surface area contributed by atoms with Crippen LogP contribution in [0.25, 0.3) is 0 Å². The molecule has 3 nitrogen and oxygen atoms in total. The van der Waals surface area contributed by atoms with E-state index in [2.05, 4.69) is 49.6 Å². The Morgan fingerprint density at radius 1 is 1.04 bits per heavy atom. The smallest absolute Gasteiger partial charge is 0.171 e. The maximum absolute atomic E-state index is 5.45. The van der Waals surface area contributed by atoms with E-state index in [1.807, 2.05) is 25.1 Å². The molecular weight excluding hydrogens is 304 g/mol. The molecule has 0 heterocycles. The molecule has 0 bridgehead atoms. The van der Waals surface area contributed by atoms with Gasteiger partial charge in [0, 0.05) is 0 Å². The first-order valence-electron chi connectivity index (χ1n) is 7.70. The summed E-state index contributed by atoms with van der Waals surface area (Å²) in [6.45, 7) is 8.38. The topological polar surface area (TPSA) is 33.3 Å².